The van der Waals surface area contributed by atoms with Crippen molar-refractivity contribution in [3.8, 4) is 22.9 Å². The third-order valence-corrected chi connectivity index (χ3v) is 4.55. The molecule has 8 heteroatoms. The summed E-state index contributed by atoms with van der Waals surface area (Å²) < 4.78 is 17.2. The lowest BCUT2D eigenvalue weighted by Gasteiger charge is -2.20. The van der Waals surface area contributed by atoms with Gasteiger partial charge in [-0.1, -0.05) is 33.2 Å². The number of ether oxygens (including phenoxy) is 2. The monoisotopic (exact) mass is 429 g/mol. The van der Waals surface area contributed by atoms with E-state index in [4.69, 9.17) is 14.0 Å². The number of carbonyl (C=O) groups is 1. The van der Waals surface area contributed by atoms with E-state index >= 15 is 0 Å². The number of aromatic nitrogens is 2. The maximum Gasteiger partial charge on any atom is 0.254 e. The number of amides is 1. The zero-order valence-corrected chi connectivity index (χ0v) is 16.1. The van der Waals surface area contributed by atoms with Crippen molar-refractivity contribution in [2.75, 3.05) is 20.3 Å². The lowest BCUT2D eigenvalue weighted by atomic mass is 10.1. The summed E-state index contributed by atoms with van der Waals surface area (Å²) in [4.78, 5) is 18.6. The van der Waals surface area contributed by atoms with Crippen LogP contribution in [0.15, 0.2) is 51.5 Å². The van der Waals surface area contributed by atoms with E-state index in [2.05, 4.69) is 26.1 Å². The third kappa shape index (κ3) is 3.80. The molecular weight excluding hydrogens is 414 g/mol. The molecular formula is C19H16BrN3O4. The van der Waals surface area contributed by atoms with E-state index in [0.717, 1.165) is 10.0 Å². The van der Waals surface area contributed by atoms with Crippen LogP contribution in [0.2, 0.25) is 0 Å². The molecule has 138 valence electrons. The van der Waals surface area contributed by atoms with E-state index in [-0.39, 0.29) is 12.5 Å². The molecule has 0 atom stereocenters. The zero-order valence-electron chi connectivity index (χ0n) is 14.5. The number of hydrogen-bond acceptors (Lipinski definition) is 6. The molecule has 0 saturated heterocycles. The van der Waals surface area contributed by atoms with Crippen molar-refractivity contribution in [1.82, 2.24) is 15.0 Å². The minimum Gasteiger partial charge on any atom is -0.486 e. The van der Waals surface area contributed by atoms with Crippen LogP contribution in [0.4, 0.5) is 0 Å². The van der Waals surface area contributed by atoms with Gasteiger partial charge in [0.05, 0.1) is 6.54 Å². The van der Waals surface area contributed by atoms with Gasteiger partial charge in [0.25, 0.3) is 5.91 Å². The summed E-state index contributed by atoms with van der Waals surface area (Å²) in [5, 5.41) is 3.99. The van der Waals surface area contributed by atoms with E-state index in [0.29, 0.717) is 42.0 Å². The fraction of sp³-hybridized carbons (Fsp3) is 0.211. The second kappa shape index (κ2) is 7.40. The van der Waals surface area contributed by atoms with E-state index in [1.807, 2.05) is 24.3 Å². The smallest absolute Gasteiger partial charge is 0.254 e. The van der Waals surface area contributed by atoms with Gasteiger partial charge in [-0.05, 0) is 30.3 Å². The predicted molar refractivity (Wildman–Crippen MR) is 101 cm³/mol. The van der Waals surface area contributed by atoms with Gasteiger partial charge < -0.3 is 18.9 Å². The number of halogens is 1. The second-order valence-corrected chi connectivity index (χ2v) is 6.96. The fourth-order valence-electron chi connectivity index (χ4n) is 2.74. The molecule has 1 amide bonds. The first-order valence-corrected chi connectivity index (χ1v) is 9.13. The standard InChI is InChI=1S/C19H16BrN3O4/c1-23(19(24)13-5-6-15-16(10-13)26-8-7-25-15)11-17-21-18(22-27-17)12-3-2-4-14(20)9-12/h2-6,9-10H,7-8,11H2,1H3. The minimum absolute atomic E-state index is 0.172. The Morgan fingerprint density at radius 2 is 1.96 bits per heavy atom. The first kappa shape index (κ1) is 17.5. The summed E-state index contributed by atoms with van der Waals surface area (Å²) in [5.41, 5.74) is 1.34. The molecule has 0 bridgehead atoms. The quantitative estimate of drug-likeness (QED) is 0.630. The molecule has 4 rings (SSSR count). The number of carbonyl (C=O) groups excluding carboxylic acids is 1. The van der Waals surface area contributed by atoms with Gasteiger partial charge in [-0.25, -0.2) is 0 Å². The molecule has 0 N–H and O–H groups in total. The minimum atomic E-state index is -0.172. The van der Waals surface area contributed by atoms with Crippen LogP contribution in [-0.2, 0) is 6.54 Å². The SMILES string of the molecule is CN(Cc1nc(-c2cccc(Br)c2)no1)C(=O)c1ccc2c(c1)OCCO2. The third-order valence-electron chi connectivity index (χ3n) is 4.06. The summed E-state index contributed by atoms with van der Waals surface area (Å²) in [7, 11) is 1.68. The van der Waals surface area contributed by atoms with Gasteiger partial charge in [-0.15, -0.1) is 0 Å². The van der Waals surface area contributed by atoms with Crippen molar-refractivity contribution in [2.45, 2.75) is 6.54 Å². The lowest BCUT2D eigenvalue weighted by Crippen LogP contribution is -2.26. The maximum atomic E-state index is 12.7. The molecule has 0 spiro atoms. The van der Waals surface area contributed by atoms with Crippen molar-refractivity contribution in [3.63, 3.8) is 0 Å². The van der Waals surface area contributed by atoms with Crippen LogP contribution in [0.3, 0.4) is 0 Å². The summed E-state index contributed by atoms with van der Waals surface area (Å²) in [6.07, 6.45) is 0. The molecule has 2 heterocycles. The number of hydrogen-bond donors (Lipinski definition) is 0. The van der Waals surface area contributed by atoms with Crippen LogP contribution in [0.25, 0.3) is 11.4 Å². The molecule has 0 radical (unpaired) electrons. The highest BCUT2D eigenvalue weighted by Gasteiger charge is 2.19. The number of nitrogens with zero attached hydrogens (tertiary/aromatic N) is 3. The molecule has 27 heavy (non-hydrogen) atoms. The molecule has 0 unspecified atom stereocenters. The summed E-state index contributed by atoms with van der Waals surface area (Å²) >= 11 is 3.42. The number of fused-ring (bicyclic) bond motifs is 1. The molecule has 0 saturated carbocycles. The summed E-state index contributed by atoms with van der Waals surface area (Å²) in [6.45, 7) is 1.19. The highest BCUT2D eigenvalue weighted by atomic mass is 79.9. The van der Waals surface area contributed by atoms with Crippen molar-refractivity contribution < 1.29 is 18.8 Å². The average molecular weight is 430 g/mol. The molecule has 0 aliphatic carbocycles. The lowest BCUT2D eigenvalue weighted by molar-refractivity contribution is 0.0768. The number of benzene rings is 2. The predicted octanol–water partition coefficient (Wildman–Crippen LogP) is 3.54. The van der Waals surface area contributed by atoms with Crippen molar-refractivity contribution >= 4 is 21.8 Å². The Hall–Kier alpha value is -2.87. The van der Waals surface area contributed by atoms with Crippen LogP contribution in [-0.4, -0.2) is 41.2 Å². The molecule has 3 aromatic rings. The molecule has 1 aliphatic heterocycles. The molecule has 2 aromatic carbocycles. The Kier molecular flexibility index (Phi) is 4.81. The Labute approximate surface area is 164 Å². The second-order valence-electron chi connectivity index (χ2n) is 6.04. The van der Waals surface area contributed by atoms with E-state index in [9.17, 15) is 4.79 Å². The Balaban J connectivity index is 1.47. The van der Waals surface area contributed by atoms with Crippen LogP contribution in [0.5, 0.6) is 11.5 Å². The zero-order chi connectivity index (χ0) is 18.8. The van der Waals surface area contributed by atoms with E-state index < -0.39 is 0 Å². The molecule has 0 fully saturated rings. The van der Waals surface area contributed by atoms with Gasteiger partial charge in [-0.3, -0.25) is 4.79 Å². The Morgan fingerprint density at radius 3 is 2.78 bits per heavy atom. The van der Waals surface area contributed by atoms with Gasteiger partial charge in [0.1, 0.15) is 13.2 Å². The van der Waals surface area contributed by atoms with Gasteiger partial charge in [-0.2, -0.15) is 4.98 Å². The Bertz CT molecular complexity index is 989. The van der Waals surface area contributed by atoms with E-state index in [1.165, 1.54) is 4.90 Å². The summed E-state index contributed by atoms with van der Waals surface area (Å²) in [5.74, 6) is 1.89. The van der Waals surface area contributed by atoms with E-state index in [1.54, 1.807) is 25.2 Å². The van der Waals surface area contributed by atoms with Crippen LogP contribution in [0, 0.1) is 0 Å². The highest BCUT2D eigenvalue weighted by molar-refractivity contribution is 9.10. The molecule has 7 nitrogen and oxygen atoms in total. The first-order chi connectivity index (χ1) is 13.1. The maximum absolute atomic E-state index is 12.7. The van der Waals surface area contributed by atoms with Crippen molar-refractivity contribution in [1.29, 1.82) is 0 Å². The highest BCUT2D eigenvalue weighted by Crippen LogP contribution is 2.31. The van der Waals surface area contributed by atoms with Gasteiger partial charge in [0.15, 0.2) is 11.5 Å². The van der Waals surface area contributed by atoms with Crippen LogP contribution < -0.4 is 9.47 Å². The van der Waals surface area contributed by atoms with Gasteiger partial charge in [0.2, 0.25) is 11.7 Å². The normalized spacial score (nSPS) is 12.7. The van der Waals surface area contributed by atoms with Crippen LogP contribution in [0.1, 0.15) is 16.2 Å². The largest absolute Gasteiger partial charge is 0.486 e. The van der Waals surface area contributed by atoms with Gasteiger partial charge >= 0.3 is 0 Å². The van der Waals surface area contributed by atoms with Crippen molar-refractivity contribution in [3.05, 3.63) is 58.4 Å². The van der Waals surface area contributed by atoms with Crippen molar-refractivity contribution in [2.24, 2.45) is 0 Å². The van der Waals surface area contributed by atoms with Gasteiger partial charge in [0, 0.05) is 22.6 Å². The first-order valence-electron chi connectivity index (χ1n) is 8.34. The molecule has 1 aliphatic rings. The number of rotatable bonds is 4. The summed E-state index contributed by atoms with van der Waals surface area (Å²) in [6, 6.07) is 12.8. The van der Waals surface area contributed by atoms with Crippen LogP contribution >= 0.6 is 15.9 Å². The fourth-order valence-corrected chi connectivity index (χ4v) is 3.13. The molecule has 1 aromatic heterocycles. The Morgan fingerprint density at radius 1 is 1.15 bits per heavy atom. The topological polar surface area (TPSA) is 77.7 Å². The average Bonchev–Trinajstić information content (AvgIpc) is 3.15.